The van der Waals surface area contributed by atoms with E-state index in [9.17, 15) is 10.1 Å². The summed E-state index contributed by atoms with van der Waals surface area (Å²) in [7, 11) is 1.56. The summed E-state index contributed by atoms with van der Waals surface area (Å²) in [5.74, 6) is 0.645. The molecule has 0 bridgehead atoms. The van der Waals surface area contributed by atoms with Crippen molar-refractivity contribution >= 4 is 11.4 Å². The fourth-order valence-corrected chi connectivity index (χ4v) is 2.46. The lowest BCUT2D eigenvalue weighted by atomic mass is 10.2. The molecule has 2 rings (SSSR count). The van der Waals surface area contributed by atoms with Crippen LogP contribution < -0.4 is 9.64 Å². The number of methoxy groups -OCH3 is 1. The summed E-state index contributed by atoms with van der Waals surface area (Å²) in [6, 6.07) is 6.79. The van der Waals surface area contributed by atoms with Crippen molar-refractivity contribution in [3.63, 3.8) is 0 Å². The predicted octanol–water partition coefficient (Wildman–Crippen LogP) is 1.64. The van der Waals surface area contributed by atoms with Crippen LogP contribution in [0, 0.1) is 21.4 Å². The molecule has 112 valence electrons. The molecule has 1 saturated heterocycles. The van der Waals surface area contributed by atoms with E-state index in [1.165, 1.54) is 6.07 Å². The summed E-state index contributed by atoms with van der Waals surface area (Å²) >= 11 is 0. The molecule has 1 aromatic rings. The van der Waals surface area contributed by atoms with E-state index in [1.807, 2.05) is 0 Å². The highest BCUT2D eigenvalue weighted by atomic mass is 16.6. The van der Waals surface area contributed by atoms with E-state index < -0.39 is 4.92 Å². The first-order chi connectivity index (χ1) is 10.2. The minimum atomic E-state index is -0.397. The zero-order valence-electron chi connectivity index (χ0n) is 12.0. The minimum absolute atomic E-state index is 0.0673. The lowest BCUT2D eigenvalue weighted by molar-refractivity contribution is -0.384. The van der Waals surface area contributed by atoms with Gasteiger partial charge in [-0.2, -0.15) is 5.26 Å². The van der Waals surface area contributed by atoms with Crippen LogP contribution in [-0.4, -0.2) is 49.7 Å². The molecule has 0 spiro atoms. The summed E-state index contributed by atoms with van der Waals surface area (Å²) in [4.78, 5) is 14.8. The second kappa shape index (κ2) is 6.90. The molecule has 0 N–H and O–H groups in total. The van der Waals surface area contributed by atoms with E-state index in [2.05, 4.69) is 15.9 Å². The van der Waals surface area contributed by atoms with Gasteiger partial charge in [0.1, 0.15) is 5.75 Å². The third kappa shape index (κ3) is 3.61. The van der Waals surface area contributed by atoms with Gasteiger partial charge in [-0.3, -0.25) is 15.0 Å². The molecule has 0 aromatic heterocycles. The summed E-state index contributed by atoms with van der Waals surface area (Å²) in [6.07, 6.45) is 0.528. The Balaban J connectivity index is 2.10. The smallest absolute Gasteiger partial charge is 0.271 e. The van der Waals surface area contributed by atoms with Gasteiger partial charge >= 0.3 is 0 Å². The molecule has 1 aliphatic rings. The van der Waals surface area contributed by atoms with Gasteiger partial charge in [0.2, 0.25) is 0 Å². The van der Waals surface area contributed by atoms with Crippen molar-refractivity contribution in [1.29, 1.82) is 5.26 Å². The molecule has 0 unspecified atom stereocenters. The number of non-ortho nitro benzene ring substituents is 1. The summed E-state index contributed by atoms with van der Waals surface area (Å²) < 4.78 is 5.30. The molecule has 1 aliphatic heterocycles. The molecule has 21 heavy (non-hydrogen) atoms. The number of nitro groups is 1. The molecule has 1 fully saturated rings. The number of nitriles is 1. The molecular formula is C14H18N4O3. The molecule has 1 heterocycles. The highest BCUT2D eigenvalue weighted by Crippen LogP contribution is 2.32. The number of piperazine rings is 1. The van der Waals surface area contributed by atoms with Crippen LogP contribution in [0.2, 0.25) is 0 Å². The Morgan fingerprint density at radius 3 is 2.67 bits per heavy atom. The van der Waals surface area contributed by atoms with E-state index in [1.54, 1.807) is 19.2 Å². The van der Waals surface area contributed by atoms with Crippen LogP contribution in [0.4, 0.5) is 11.4 Å². The third-order valence-corrected chi connectivity index (χ3v) is 3.63. The van der Waals surface area contributed by atoms with Crippen molar-refractivity contribution in [2.75, 3.05) is 44.7 Å². The molecule has 7 nitrogen and oxygen atoms in total. The van der Waals surface area contributed by atoms with Crippen molar-refractivity contribution in [2.45, 2.75) is 6.42 Å². The van der Waals surface area contributed by atoms with E-state index in [-0.39, 0.29) is 5.69 Å². The number of ether oxygens (including phenoxy) is 1. The molecule has 0 amide bonds. The first kappa shape index (κ1) is 15.1. The Kier molecular flexibility index (Phi) is 4.95. The lowest BCUT2D eigenvalue weighted by Crippen LogP contribution is -2.46. The second-order valence-corrected chi connectivity index (χ2v) is 4.85. The van der Waals surface area contributed by atoms with Crippen molar-refractivity contribution in [3.05, 3.63) is 28.3 Å². The fraction of sp³-hybridized carbons (Fsp3) is 0.500. The molecule has 0 atom stereocenters. The Morgan fingerprint density at radius 1 is 1.38 bits per heavy atom. The summed E-state index contributed by atoms with van der Waals surface area (Å²) in [6.45, 7) is 3.99. The minimum Gasteiger partial charge on any atom is -0.495 e. The number of nitro benzene ring substituents is 1. The number of benzene rings is 1. The van der Waals surface area contributed by atoms with Crippen molar-refractivity contribution in [2.24, 2.45) is 0 Å². The Labute approximate surface area is 123 Å². The normalized spacial score (nSPS) is 15.5. The maximum atomic E-state index is 10.9. The van der Waals surface area contributed by atoms with Gasteiger partial charge in [-0.05, 0) is 6.07 Å². The Hall–Kier alpha value is -2.33. The average molecular weight is 290 g/mol. The van der Waals surface area contributed by atoms with Crippen LogP contribution in [-0.2, 0) is 0 Å². The molecular weight excluding hydrogens is 272 g/mol. The van der Waals surface area contributed by atoms with Gasteiger partial charge in [0, 0.05) is 51.3 Å². The molecule has 0 radical (unpaired) electrons. The zero-order valence-corrected chi connectivity index (χ0v) is 12.0. The molecule has 7 heteroatoms. The largest absolute Gasteiger partial charge is 0.495 e. The van der Waals surface area contributed by atoms with Crippen LogP contribution in [0.1, 0.15) is 6.42 Å². The molecule has 1 aromatic carbocycles. The number of anilines is 1. The standard InChI is InChI=1S/C14H18N4O3/c1-21-14-4-3-12(18(19)20)11-13(14)17-9-7-16(8-10-17)6-2-5-15/h3-4,11H,2,6-10H2,1H3. The van der Waals surface area contributed by atoms with Gasteiger partial charge in [-0.15, -0.1) is 0 Å². The summed E-state index contributed by atoms with van der Waals surface area (Å²) in [5.41, 5.74) is 0.823. The second-order valence-electron chi connectivity index (χ2n) is 4.85. The molecule has 0 saturated carbocycles. The van der Waals surface area contributed by atoms with Crippen LogP contribution >= 0.6 is 0 Å². The average Bonchev–Trinajstić information content (AvgIpc) is 2.52. The number of hydrogen-bond acceptors (Lipinski definition) is 6. The number of nitrogens with zero attached hydrogens (tertiary/aromatic N) is 4. The van der Waals surface area contributed by atoms with Gasteiger partial charge in [0.05, 0.1) is 23.8 Å². The van der Waals surface area contributed by atoms with Crippen LogP contribution in [0.25, 0.3) is 0 Å². The van der Waals surface area contributed by atoms with Crippen LogP contribution in [0.3, 0.4) is 0 Å². The summed E-state index contributed by atoms with van der Waals surface area (Å²) in [5, 5.41) is 19.5. The number of hydrogen-bond donors (Lipinski definition) is 0. The van der Waals surface area contributed by atoms with Crippen molar-refractivity contribution in [1.82, 2.24) is 4.90 Å². The van der Waals surface area contributed by atoms with E-state index in [0.29, 0.717) is 12.2 Å². The van der Waals surface area contributed by atoms with Gasteiger partial charge in [0.15, 0.2) is 0 Å². The van der Waals surface area contributed by atoms with Gasteiger partial charge in [0.25, 0.3) is 5.69 Å². The SMILES string of the molecule is COc1ccc([N+](=O)[O-])cc1N1CCN(CCC#N)CC1. The predicted molar refractivity (Wildman–Crippen MR) is 78.5 cm³/mol. The first-order valence-electron chi connectivity index (χ1n) is 6.82. The first-order valence-corrected chi connectivity index (χ1v) is 6.82. The van der Waals surface area contributed by atoms with Crippen LogP contribution in [0.15, 0.2) is 18.2 Å². The van der Waals surface area contributed by atoms with Crippen molar-refractivity contribution in [3.8, 4) is 11.8 Å². The topological polar surface area (TPSA) is 82.6 Å². The van der Waals surface area contributed by atoms with E-state index in [4.69, 9.17) is 10.00 Å². The third-order valence-electron chi connectivity index (χ3n) is 3.63. The lowest BCUT2D eigenvalue weighted by Gasteiger charge is -2.36. The quantitative estimate of drug-likeness (QED) is 0.605. The maximum Gasteiger partial charge on any atom is 0.271 e. The monoisotopic (exact) mass is 290 g/mol. The van der Waals surface area contributed by atoms with Gasteiger partial charge < -0.3 is 9.64 Å². The zero-order chi connectivity index (χ0) is 15.2. The Morgan fingerprint density at radius 2 is 2.10 bits per heavy atom. The number of rotatable bonds is 5. The van der Waals surface area contributed by atoms with Gasteiger partial charge in [-0.1, -0.05) is 0 Å². The van der Waals surface area contributed by atoms with Crippen molar-refractivity contribution < 1.29 is 9.66 Å². The Bertz CT molecular complexity index is 548. The van der Waals surface area contributed by atoms with Crippen LogP contribution in [0.5, 0.6) is 5.75 Å². The van der Waals surface area contributed by atoms with E-state index >= 15 is 0 Å². The highest BCUT2D eigenvalue weighted by molar-refractivity contribution is 5.63. The van der Waals surface area contributed by atoms with E-state index in [0.717, 1.165) is 38.4 Å². The maximum absolute atomic E-state index is 10.9. The van der Waals surface area contributed by atoms with Gasteiger partial charge in [-0.25, -0.2) is 0 Å². The molecule has 0 aliphatic carbocycles. The highest BCUT2D eigenvalue weighted by Gasteiger charge is 2.21. The fourth-order valence-electron chi connectivity index (χ4n) is 2.46.